The number of hydrogen-bond donors (Lipinski definition) is 1. The number of carbonyl (C=O) groups excluding carboxylic acids is 2. The van der Waals surface area contributed by atoms with Gasteiger partial charge in [0.2, 0.25) is 5.91 Å². The number of esters is 1. The van der Waals surface area contributed by atoms with Crippen LogP contribution in [0.4, 0.5) is 0 Å². The minimum Gasteiger partial charge on any atom is -0.463 e. The van der Waals surface area contributed by atoms with E-state index in [4.69, 9.17) is 0 Å². The van der Waals surface area contributed by atoms with Crippen molar-refractivity contribution in [1.29, 1.82) is 0 Å². The molecule has 7 nitrogen and oxygen atoms in total. The number of ether oxygens (including phenoxy) is 1. The number of aromatic nitrogens is 3. The topological polar surface area (TPSA) is 86.1 Å². The van der Waals surface area contributed by atoms with Gasteiger partial charge in [0.25, 0.3) is 5.82 Å². The third-order valence-corrected chi connectivity index (χ3v) is 3.43. The van der Waals surface area contributed by atoms with Crippen molar-refractivity contribution < 1.29 is 14.3 Å². The minimum atomic E-state index is -0.604. The molecule has 1 fully saturated rings. The van der Waals surface area contributed by atoms with Gasteiger partial charge in [-0.3, -0.25) is 4.79 Å². The first kappa shape index (κ1) is 14.5. The number of carbonyl (C=O) groups is 2. The van der Waals surface area contributed by atoms with Gasteiger partial charge in [-0.05, 0) is 12.8 Å². The second kappa shape index (κ2) is 7.02. The maximum absolute atomic E-state index is 11.9. The van der Waals surface area contributed by atoms with E-state index in [0.29, 0.717) is 0 Å². The zero-order chi connectivity index (χ0) is 14.4. The van der Waals surface area contributed by atoms with Crippen LogP contribution in [0.1, 0.15) is 49.1 Å². The van der Waals surface area contributed by atoms with Crippen molar-refractivity contribution in [3.05, 3.63) is 12.2 Å². The molecular formula is C13H20N4O3. The van der Waals surface area contributed by atoms with Crippen LogP contribution in [0, 0.1) is 0 Å². The predicted octanol–water partition coefficient (Wildman–Crippen LogP) is 0.904. The van der Waals surface area contributed by atoms with Crippen LogP contribution in [-0.2, 0) is 16.1 Å². The Hall–Kier alpha value is -1.92. The Morgan fingerprint density at radius 2 is 2.05 bits per heavy atom. The molecule has 110 valence electrons. The van der Waals surface area contributed by atoms with Crippen molar-refractivity contribution in [2.75, 3.05) is 7.11 Å². The van der Waals surface area contributed by atoms with Crippen LogP contribution in [-0.4, -0.2) is 39.8 Å². The number of amides is 1. The van der Waals surface area contributed by atoms with Crippen molar-refractivity contribution >= 4 is 11.9 Å². The lowest BCUT2D eigenvalue weighted by Gasteiger charge is -2.15. The molecule has 1 saturated carbocycles. The van der Waals surface area contributed by atoms with Gasteiger partial charge in [-0.25, -0.2) is 14.5 Å². The average Bonchev–Trinajstić information content (AvgIpc) is 2.74. The molecule has 0 unspecified atom stereocenters. The largest absolute Gasteiger partial charge is 0.463 e. The summed E-state index contributed by atoms with van der Waals surface area (Å²) in [5, 5.41) is 6.92. The van der Waals surface area contributed by atoms with Gasteiger partial charge in [0, 0.05) is 6.04 Å². The van der Waals surface area contributed by atoms with Crippen LogP contribution in [0.15, 0.2) is 6.33 Å². The normalized spacial score (nSPS) is 16.4. The van der Waals surface area contributed by atoms with E-state index < -0.39 is 5.97 Å². The fourth-order valence-electron chi connectivity index (χ4n) is 2.40. The Kier molecular flexibility index (Phi) is 5.09. The summed E-state index contributed by atoms with van der Waals surface area (Å²) in [5.41, 5.74) is 0. The number of nitrogens with one attached hydrogen (secondary N) is 1. The first-order valence-corrected chi connectivity index (χ1v) is 6.96. The summed E-state index contributed by atoms with van der Waals surface area (Å²) in [4.78, 5) is 26.9. The van der Waals surface area contributed by atoms with Crippen molar-refractivity contribution in [3.63, 3.8) is 0 Å². The van der Waals surface area contributed by atoms with E-state index >= 15 is 0 Å². The third-order valence-electron chi connectivity index (χ3n) is 3.43. The van der Waals surface area contributed by atoms with E-state index in [2.05, 4.69) is 20.1 Å². The molecule has 1 amide bonds. The van der Waals surface area contributed by atoms with E-state index in [1.54, 1.807) is 0 Å². The molecule has 0 bridgehead atoms. The number of rotatable bonds is 4. The number of methoxy groups -OCH3 is 1. The Balaban J connectivity index is 1.84. The summed E-state index contributed by atoms with van der Waals surface area (Å²) in [7, 11) is 1.27. The fraction of sp³-hybridized carbons (Fsp3) is 0.692. The molecule has 7 heteroatoms. The highest BCUT2D eigenvalue weighted by Gasteiger charge is 2.16. The van der Waals surface area contributed by atoms with Gasteiger partial charge in [-0.2, -0.15) is 0 Å². The Morgan fingerprint density at radius 3 is 2.70 bits per heavy atom. The van der Waals surface area contributed by atoms with Gasteiger partial charge in [0.15, 0.2) is 0 Å². The molecule has 0 radical (unpaired) electrons. The molecule has 0 spiro atoms. The summed E-state index contributed by atoms with van der Waals surface area (Å²) in [5.74, 6) is -0.735. The van der Waals surface area contributed by atoms with Gasteiger partial charge in [0.1, 0.15) is 12.9 Å². The molecule has 0 aliphatic heterocycles. The van der Waals surface area contributed by atoms with Gasteiger partial charge in [-0.15, -0.1) is 5.10 Å². The highest BCUT2D eigenvalue weighted by molar-refractivity contribution is 5.84. The highest BCUT2D eigenvalue weighted by atomic mass is 16.5. The molecule has 0 aromatic carbocycles. The molecule has 1 aliphatic carbocycles. The van der Waals surface area contributed by atoms with Crippen molar-refractivity contribution in [2.24, 2.45) is 0 Å². The highest BCUT2D eigenvalue weighted by Crippen LogP contribution is 2.17. The quantitative estimate of drug-likeness (QED) is 0.654. The third kappa shape index (κ3) is 4.04. The first-order valence-electron chi connectivity index (χ1n) is 6.96. The molecule has 1 aromatic rings. The number of nitrogens with zero attached hydrogens (tertiary/aromatic N) is 3. The van der Waals surface area contributed by atoms with Crippen LogP contribution in [0.2, 0.25) is 0 Å². The first-order chi connectivity index (χ1) is 9.69. The molecular weight excluding hydrogens is 260 g/mol. The van der Waals surface area contributed by atoms with E-state index in [1.165, 1.54) is 43.8 Å². The minimum absolute atomic E-state index is 0.0326. The smallest absolute Gasteiger partial charge is 0.377 e. The zero-order valence-corrected chi connectivity index (χ0v) is 11.7. The Morgan fingerprint density at radius 1 is 1.35 bits per heavy atom. The van der Waals surface area contributed by atoms with Crippen LogP contribution in [0.3, 0.4) is 0 Å². The van der Waals surface area contributed by atoms with Crippen LogP contribution in [0.25, 0.3) is 0 Å². The summed E-state index contributed by atoms with van der Waals surface area (Å²) >= 11 is 0. The van der Waals surface area contributed by atoms with Crippen LogP contribution < -0.4 is 5.32 Å². The van der Waals surface area contributed by atoms with Crippen molar-refractivity contribution in [3.8, 4) is 0 Å². The second-order valence-electron chi connectivity index (χ2n) is 5.01. The molecule has 2 rings (SSSR count). The molecule has 1 aromatic heterocycles. The maximum Gasteiger partial charge on any atom is 0.377 e. The molecule has 0 atom stereocenters. The van der Waals surface area contributed by atoms with E-state index in [9.17, 15) is 9.59 Å². The maximum atomic E-state index is 11.9. The Labute approximate surface area is 117 Å². The Bertz CT molecular complexity index is 464. The summed E-state index contributed by atoms with van der Waals surface area (Å²) in [6.07, 6.45) is 8.27. The summed E-state index contributed by atoms with van der Waals surface area (Å²) < 4.78 is 5.86. The van der Waals surface area contributed by atoms with Gasteiger partial charge >= 0.3 is 5.97 Å². The molecule has 20 heavy (non-hydrogen) atoms. The summed E-state index contributed by atoms with van der Waals surface area (Å²) in [6, 6.07) is 0.258. The van der Waals surface area contributed by atoms with Gasteiger partial charge in [0.05, 0.1) is 7.11 Å². The molecule has 1 N–H and O–H groups in total. The SMILES string of the molecule is COC(=O)c1ncn(CC(=O)NC2CCCCCC2)n1. The zero-order valence-electron chi connectivity index (χ0n) is 11.7. The standard InChI is InChI=1S/C13H20N4O3/c1-20-13(19)12-14-9-17(16-12)8-11(18)15-10-6-4-2-3-5-7-10/h9-10H,2-8H2,1H3,(H,15,18). The number of hydrogen-bond acceptors (Lipinski definition) is 5. The molecule has 1 heterocycles. The lowest BCUT2D eigenvalue weighted by atomic mass is 10.1. The van der Waals surface area contributed by atoms with E-state index in [0.717, 1.165) is 12.8 Å². The van der Waals surface area contributed by atoms with Crippen molar-refractivity contribution in [2.45, 2.75) is 51.1 Å². The van der Waals surface area contributed by atoms with Crippen LogP contribution >= 0.6 is 0 Å². The average molecular weight is 280 g/mol. The van der Waals surface area contributed by atoms with Crippen molar-refractivity contribution in [1.82, 2.24) is 20.1 Å². The predicted molar refractivity (Wildman–Crippen MR) is 71.0 cm³/mol. The monoisotopic (exact) mass is 280 g/mol. The van der Waals surface area contributed by atoms with Crippen LogP contribution in [0.5, 0.6) is 0 Å². The molecule has 1 aliphatic rings. The fourth-order valence-corrected chi connectivity index (χ4v) is 2.40. The van der Waals surface area contributed by atoms with Gasteiger partial charge in [-0.1, -0.05) is 25.7 Å². The van der Waals surface area contributed by atoms with E-state index in [1.807, 2.05) is 0 Å². The van der Waals surface area contributed by atoms with E-state index in [-0.39, 0.29) is 24.3 Å². The summed E-state index contributed by atoms with van der Waals surface area (Å²) in [6.45, 7) is 0.0699. The molecule has 0 saturated heterocycles. The lowest BCUT2D eigenvalue weighted by Crippen LogP contribution is -2.36. The van der Waals surface area contributed by atoms with Gasteiger partial charge < -0.3 is 10.1 Å². The second-order valence-corrected chi connectivity index (χ2v) is 5.01. The lowest BCUT2D eigenvalue weighted by molar-refractivity contribution is -0.122.